The zero-order valence-electron chi connectivity index (χ0n) is 26.3. The first-order valence-electron chi connectivity index (χ1n) is 15.2. The number of ether oxygens (including phenoxy) is 2. The maximum absolute atomic E-state index is 13.5. The van der Waals surface area contributed by atoms with Gasteiger partial charge in [-0.2, -0.15) is 0 Å². The van der Waals surface area contributed by atoms with Gasteiger partial charge in [0.05, 0.1) is 31.2 Å². The predicted molar refractivity (Wildman–Crippen MR) is 162 cm³/mol. The van der Waals surface area contributed by atoms with Crippen molar-refractivity contribution in [3.8, 4) is 0 Å². The number of thioether (sulfide) groups is 1. The van der Waals surface area contributed by atoms with Crippen molar-refractivity contribution in [2.75, 3.05) is 7.11 Å². The van der Waals surface area contributed by atoms with Crippen LogP contribution in [0.15, 0.2) is 11.4 Å². The molecule has 0 spiro atoms. The number of carboxylic acids is 1. The molecular formula is C31H54N2O7S. The maximum atomic E-state index is 13.5. The molecule has 0 saturated carbocycles. The Balaban J connectivity index is 3.04. The molecule has 1 aromatic heterocycles. The Labute approximate surface area is 251 Å². The second kappa shape index (κ2) is 19.2. The molecule has 4 atom stereocenters. The van der Waals surface area contributed by atoms with Crippen molar-refractivity contribution >= 4 is 29.7 Å². The number of methoxy groups -OCH3 is 1. The summed E-state index contributed by atoms with van der Waals surface area (Å²) in [7, 11) is 2.97. The molecule has 41 heavy (non-hydrogen) atoms. The molecule has 236 valence electrons. The van der Waals surface area contributed by atoms with Gasteiger partial charge in [0.15, 0.2) is 5.16 Å². The number of hydrogen-bond donors (Lipinski definition) is 2. The fourth-order valence-corrected chi connectivity index (χ4v) is 6.06. The Morgan fingerprint density at radius 3 is 2.05 bits per heavy atom. The van der Waals surface area contributed by atoms with Gasteiger partial charge in [0, 0.05) is 12.3 Å². The lowest BCUT2D eigenvalue weighted by Crippen LogP contribution is -2.41. The Morgan fingerprint density at radius 1 is 0.976 bits per heavy atom. The number of carbonyl (C=O) groups is 3. The van der Waals surface area contributed by atoms with Crippen LogP contribution in [0, 0.1) is 11.8 Å². The predicted octanol–water partition coefficient (Wildman–Crippen LogP) is 6.80. The first kappa shape index (κ1) is 37.0. The molecule has 0 saturated heterocycles. The van der Waals surface area contributed by atoms with E-state index in [-0.39, 0.29) is 5.69 Å². The minimum Gasteiger partial charge on any atom is -0.481 e. The van der Waals surface area contributed by atoms with Crippen LogP contribution >= 0.6 is 11.8 Å². The van der Waals surface area contributed by atoms with Gasteiger partial charge in [-0.1, -0.05) is 89.8 Å². The van der Waals surface area contributed by atoms with Crippen LogP contribution in [0.25, 0.3) is 0 Å². The molecule has 0 bridgehead atoms. The second-order valence-electron chi connectivity index (χ2n) is 12.0. The SMILES string of the molecule is CCCCCCCCCCCCC(O)C(C(=O)OC(C)(C)C)C(CCC(C)C(=O)O)Sc1ncc(C(=O)OC)n1C. The summed E-state index contributed by atoms with van der Waals surface area (Å²) in [4.78, 5) is 41.6. The van der Waals surface area contributed by atoms with Crippen LogP contribution in [-0.4, -0.2) is 61.7 Å². The van der Waals surface area contributed by atoms with Gasteiger partial charge >= 0.3 is 17.9 Å². The van der Waals surface area contributed by atoms with Crippen molar-refractivity contribution in [1.29, 1.82) is 0 Å². The van der Waals surface area contributed by atoms with Crippen molar-refractivity contribution < 1.29 is 34.1 Å². The molecule has 0 aliphatic heterocycles. The quantitative estimate of drug-likeness (QED) is 0.0892. The monoisotopic (exact) mass is 598 g/mol. The summed E-state index contributed by atoms with van der Waals surface area (Å²) in [6.07, 6.45) is 13.2. The molecule has 9 nitrogen and oxygen atoms in total. The lowest BCUT2D eigenvalue weighted by atomic mass is 9.89. The number of aliphatic hydroxyl groups is 1. The number of unbranched alkanes of at least 4 members (excludes halogenated alkanes) is 9. The van der Waals surface area contributed by atoms with Gasteiger partial charge in [-0.15, -0.1) is 0 Å². The average Bonchev–Trinajstić information content (AvgIpc) is 3.26. The molecule has 0 aromatic carbocycles. The summed E-state index contributed by atoms with van der Waals surface area (Å²) in [5, 5.41) is 20.8. The van der Waals surface area contributed by atoms with E-state index in [1.165, 1.54) is 70.0 Å². The Kier molecular flexibility index (Phi) is 17.3. The van der Waals surface area contributed by atoms with E-state index in [0.29, 0.717) is 24.4 Å². The summed E-state index contributed by atoms with van der Waals surface area (Å²) >= 11 is 1.26. The highest BCUT2D eigenvalue weighted by Gasteiger charge is 2.39. The van der Waals surface area contributed by atoms with E-state index in [1.54, 1.807) is 39.3 Å². The van der Waals surface area contributed by atoms with E-state index in [2.05, 4.69) is 11.9 Å². The number of aromatic nitrogens is 2. The van der Waals surface area contributed by atoms with Gasteiger partial charge in [-0.05, 0) is 40.0 Å². The highest BCUT2D eigenvalue weighted by atomic mass is 32.2. The third-order valence-electron chi connectivity index (χ3n) is 7.25. The lowest BCUT2D eigenvalue weighted by Gasteiger charge is -2.32. The number of hydrogen-bond acceptors (Lipinski definition) is 8. The van der Waals surface area contributed by atoms with E-state index < -0.39 is 46.7 Å². The summed E-state index contributed by atoms with van der Waals surface area (Å²) in [6.45, 7) is 9.20. The molecular weight excluding hydrogens is 544 g/mol. The highest BCUT2D eigenvalue weighted by Crippen LogP contribution is 2.36. The maximum Gasteiger partial charge on any atom is 0.356 e. The molecule has 0 radical (unpaired) electrons. The van der Waals surface area contributed by atoms with E-state index in [1.807, 2.05) is 0 Å². The van der Waals surface area contributed by atoms with Crippen molar-refractivity contribution in [2.45, 2.75) is 140 Å². The van der Waals surface area contributed by atoms with E-state index >= 15 is 0 Å². The molecule has 1 aromatic rings. The summed E-state index contributed by atoms with van der Waals surface area (Å²) < 4.78 is 12.2. The molecule has 0 aliphatic rings. The zero-order valence-corrected chi connectivity index (χ0v) is 27.1. The Hall–Kier alpha value is -2.07. The topological polar surface area (TPSA) is 128 Å². The largest absolute Gasteiger partial charge is 0.481 e. The van der Waals surface area contributed by atoms with Crippen molar-refractivity contribution in [1.82, 2.24) is 9.55 Å². The molecule has 1 rings (SSSR count). The third kappa shape index (κ3) is 14.1. The summed E-state index contributed by atoms with van der Waals surface area (Å²) in [6, 6.07) is 0. The molecule has 1 heterocycles. The molecule has 4 unspecified atom stereocenters. The summed E-state index contributed by atoms with van der Waals surface area (Å²) in [5.41, 5.74) is -0.496. The minimum atomic E-state index is -0.961. The molecule has 10 heteroatoms. The van der Waals surface area contributed by atoms with Gasteiger partial charge in [0.25, 0.3) is 0 Å². The Bertz CT molecular complexity index is 928. The number of aliphatic carboxylic acids is 1. The van der Waals surface area contributed by atoms with Crippen LogP contribution in [0.1, 0.15) is 129 Å². The van der Waals surface area contributed by atoms with Gasteiger partial charge in [-0.3, -0.25) is 9.59 Å². The number of rotatable bonds is 21. The number of aliphatic hydroxyl groups excluding tert-OH is 1. The highest BCUT2D eigenvalue weighted by molar-refractivity contribution is 7.99. The van der Waals surface area contributed by atoms with Crippen molar-refractivity contribution in [3.05, 3.63) is 11.9 Å². The molecule has 0 aliphatic carbocycles. The van der Waals surface area contributed by atoms with Gasteiger partial charge in [-0.25, -0.2) is 9.78 Å². The lowest BCUT2D eigenvalue weighted by molar-refractivity contribution is -0.164. The number of nitrogens with zero attached hydrogens (tertiary/aromatic N) is 2. The smallest absolute Gasteiger partial charge is 0.356 e. The first-order chi connectivity index (χ1) is 19.3. The fourth-order valence-electron chi connectivity index (χ4n) is 4.73. The average molecular weight is 599 g/mol. The van der Waals surface area contributed by atoms with E-state index in [4.69, 9.17) is 9.47 Å². The first-order valence-corrected chi connectivity index (χ1v) is 16.1. The van der Waals surface area contributed by atoms with Crippen LogP contribution in [0.3, 0.4) is 0 Å². The van der Waals surface area contributed by atoms with Crippen LogP contribution < -0.4 is 0 Å². The Morgan fingerprint density at radius 2 is 1.54 bits per heavy atom. The zero-order chi connectivity index (χ0) is 31.0. The second-order valence-corrected chi connectivity index (χ2v) is 13.3. The molecule has 2 N–H and O–H groups in total. The standard InChI is InChI=1S/C31H54N2O7S/c1-8-9-10-11-12-13-14-15-16-17-18-24(34)26(29(38)40-31(3,4)5)25(20-19-22(2)27(35)36)41-30-32-21-23(33(30)6)28(37)39-7/h21-22,24-26,34H,8-20H2,1-7H3,(H,35,36). The molecule has 0 fully saturated rings. The third-order valence-corrected chi connectivity index (χ3v) is 8.67. The van der Waals surface area contributed by atoms with Crippen LogP contribution in [0.5, 0.6) is 0 Å². The number of carboxylic acid groups (broad SMARTS) is 1. The van der Waals surface area contributed by atoms with Crippen molar-refractivity contribution in [2.24, 2.45) is 18.9 Å². The van der Waals surface area contributed by atoms with Crippen LogP contribution in [0.2, 0.25) is 0 Å². The van der Waals surface area contributed by atoms with E-state index in [0.717, 1.165) is 19.3 Å². The van der Waals surface area contributed by atoms with Crippen molar-refractivity contribution in [3.63, 3.8) is 0 Å². The fraction of sp³-hybridized carbons (Fsp3) is 0.806. The van der Waals surface area contributed by atoms with Crippen LogP contribution in [-0.2, 0) is 26.1 Å². The minimum absolute atomic E-state index is 0.257. The number of esters is 2. The van der Waals surface area contributed by atoms with E-state index in [9.17, 15) is 24.6 Å². The number of carbonyl (C=O) groups excluding carboxylic acids is 2. The van der Waals surface area contributed by atoms with Gasteiger partial charge < -0.3 is 24.3 Å². The summed E-state index contributed by atoms with van der Waals surface area (Å²) in [5.74, 6) is -3.48. The number of imidazole rings is 1. The van der Waals surface area contributed by atoms with Gasteiger partial charge in [0.1, 0.15) is 11.3 Å². The molecule has 0 amide bonds. The van der Waals surface area contributed by atoms with Crippen LogP contribution in [0.4, 0.5) is 0 Å². The van der Waals surface area contributed by atoms with Gasteiger partial charge in [0.2, 0.25) is 0 Å². The normalized spacial score (nSPS) is 14.7.